The average molecular weight is 350 g/mol. The average Bonchev–Trinajstić information content (AvgIpc) is 2.46. The first-order valence-electron chi connectivity index (χ1n) is 7.41. The molecule has 1 heterocycles. The van der Waals surface area contributed by atoms with E-state index in [0.717, 1.165) is 9.21 Å². The Bertz CT molecular complexity index is 561. The Labute approximate surface area is 135 Å². The molecule has 1 aliphatic heterocycles. The summed E-state index contributed by atoms with van der Waals surface area (Å²) in [6, 6.07) is -1.65. The summed E-state index contributed by atoms with van der Waals surface area (Å²) in [5.74, 6) is -3.25. The number of carboxylic acids is 1. The molecule has 0 spiro atoms. The van der Waals surface area contributed by atoms with Gasteiger partial charge in [0.05, 0.1) is 12.4 Å². The Balaban J connectivity index is 3.08. The van der Waals surface area contributed by atoms with Crippen molar-refractivity contribution in [1.82, 2.24) is 9.21 Å². The number of esters is 1. The minimum absolute atomic E-state index is 0.00953. The molecule has 0 radical (unpaired) electrons. The van der Waals surface area contributed by atoms with Gasteiger partial charge in [0, 0.05) is 13.1 Å². The topological polar surface area (TPSA) is 121 Å². The lowest BCUT2D eigenvalue weighted by atomic mass is 10.2. The Morgan fingerprint density at radius 2 is 1.96 bits per heavy atom. The lowest BCUT2D eigenvalue weighted by Crippen LogP contribution is -2.62. The standard InChI is InChI=1S/C13H22N2O7S/c1-3-5-8-23(20,21)15-7-6-14(9-10(16)17)12(18)11(15)13(19)22-4-2/h11H,3-9H2,1-2H3,(H,16,17)/t11-/m0/s1. The maximum atomic E-state index is 12.4. The highest BCUT2D eigenvalue weighted by atomic mass is 32.2. The molecule has 0 aliphatic carbocycles. The van der Waals surface area contributed by atoms with E-state index in [2.05, 4.69) is 0 Å². The molecule has 1 aliphatic rings. The van der Waals surface area contributed by atoms with Crippen LogP contribution in [0.25, 0.3) is 0 Å². The monoisotopic (exact) mass is 350 g/mol. The van der Waals surface area contributed by atoms with Crippen LogP contribution in [0.1, 0.15) is 26.7 Å². The first-order chi connectivity index (χ1) is 10.7. The summed E-state index contributed by atoms with van der Waals surface area (Å²) >= 11 is 0. The van der Waals surface area contributed by atoms with Crippen LogP contribution in [0, 0.1) is 0 Å². The second-order valence-corrected chi connectivity index (χ2v) is 7.13. The fourth-order valence-electron chi connectivity index (χ4n) is 2.26. The predicted molar refractivity (Wildman–Crippen MR) is 80.0 cm³/mol. The lowest BCUT2D eigenvalue weighted by Gasteiger charge is -2.37. The van der Waals surface area contributed by atoms with E-state index in [0.29, 0.717) is 12.8 Å². The number of aliphatic carboxylic acids is 1. The number of carboxylic acid groups (broad SMARTS) is 1. The summed E-state index contributed by atoms with van der Waals surface area (Å²) in [5.41, 5.74) is 0. The van der Waals surface area contributed by atoms with E-state index in [1.54, 1.807) is 0 Å². The molecule has 132 valence electrons. The third kappa shape index (κ3) is 4.90. The summed E-state index contributed by atoms with van der Waals surface area (Å²) < 4.78 is 30.4. The molecule has 0 aromatic heterocycles. The molecule has 0 bridgehead atoms. The SMILES string of the molecule is CCCCS(=O)(=O)N1CCN(CC(=O)O)C(=O)[C@H]1C(=O)OCC. The van der Waals surface area contributed by atoms with Crippen LogP contribution in [-0.2, 0) is 29.1 Å². The highest BCUT2D eigenvalue weighted by Gasteiger charge is 2.46. The number of piperazine rings is 1. The summed E-state index contributed by atoms with van der Waals surface area (Å²) in [6.45, 7) is 2.56. The first-order valence-corrected chi connectivity index (χ1v) is 9.02. The first kappa shape index (κ1) is 19.4. The van der Waals surface area contributed by atoms with Crippen molar-refractivity contribution in [3.8, 4) is 0 Å². The van der Waals surface area contributed by atoms with E-state index in [9.17, 15) is 22.8 Å². The Kier molecular flexibility index (Phi) is 6.95. The van der Waals surface area contributed by atoms with Gasteiger partial charge in [0.2, 0.25) is 16.1 Å². The van der Waals surface area contributed by atoms with Crippen LogP contribution in [-0.4, -0.2) is 78.6 Å². The zero-order chi connectivity index (χ0) is 17.6. The van der Waals surface area contributed by atoms with E-state index in [1.807, 2.05) is 6.92 Å². The van der Waals surface area contributed by atoms with Crippen molar-refractivity contribution in [1.29, 1.82) is 0 Å². The van der Waals surface area contributed by atoms with Crippen molar-refractivity contribution in [3.05, 3.63) is 0 Å². The van der Waals surface area contributed by atoms with Crippen LogP contribution in [0.5, 0.6) is 0 Å². The van der Waals surface area contributed by atoms with Gasteiger partial charge in [0.15, 0.2) is 0 Å². The van der Waals surface area contributed by atoms with Crippen LogP contribution < -0.4 is 0 Å². The van der Waals surface area contributed by atoms with E-state index in [-0.39, 0.29) is 25.4 Å². The minimum Gasteiger partial charge on any atom is -0.480 e. The van der Waals surface area contributed by atoms with Gasteiger partial charge in [-0.15, -0.1) is 0 Å². The van der Waals surface area contributed by atoms with Crippen LogP contribution in [0.4, 0.5) is 0 Å². The molecule has 1 fully saturated rings. The summed E-state index contributed by atoms with van der Waals surface area (Å²) in [5, 5.41) is 8.81. The van der Waals surface area contributed by atoms with E-state index in [4.69, 9.17) is 9.84 Å². The Hall–Kier alpha value is -1.68. The zero-order valence-corrected chi connectivity index (χ0v) is 14.0. The van der Waals surface area contributed by atoms with Gasteiger partial charge in [-0.25, -0.2) is 13.2 Å². The van der Waals surface area contributed by atoms with Crippen molar-refractivity contribution in [2.75, 3.05) is 32.0 Å². The summed E-state index contributed by atoms with van der Waals surface area (Å²) in [7, 11) is -3.81. The highest BCUT2D eigenvalue weighted by molar-refractivity contribution is 7.89. The van der Waals surface area contributed by atoms with Gasteiger partial charge in [-0.05, 0) is 13.3 Å². The molecular weight excluding hydrogens is 328 g/mol. The number of hydrogen-bond donors (Lipinski definition) is 1. The maximum Gasteiger partial charge on any atom is 0.334 e. The smallest absolute Gasteiger partial charge is 0.334 e. The van der Waals surface area contributed by atoms with Crippen LogP contribution in [0.2, 0.25) is 0 Å². The second-order valence-electron chi connectivity index (χ2n) is 5.09. The number of sulfonamides is 1. The zero-order valence-electron chi connectivity index (χ0n) is 13.2. The molecule has 10 heteroatoms. The predicted octanol–water partition coefficient (Wildman–Crippen LogP) is -0.723. The molecule has 1 saturated heterocycles. The number of carbonyl (C=O) groups excluding carboxylic acids is 2. The van der Waals surface area contributed by atoms with Crippen LogP contribution in [0.3, 0.4) is 0 Å². The summed E-state index contributed by atoms with van der Waals surface area (Å²) in [4.78, 5) is 36.2. The van der Waals surface area contributed by atoms with Crippen LogP contribution >= 0.6 is 0 Å². The molecule has 0 aromatic carbocycles. The number of unbranched alkanes of at least 4 members (excludes halogenated alkanes) is 1. The quantitative estimate of drug-likeness (QED) is 0.453. The van der Waals surface area contributed by atoms with Gasteiger partial charge in [-0.1, -0.05) is 13.3 Å². The summed E-state index contributed by atoms with van der Waals surface area (Å²) in [6.07, 6.45) is 1.05. The normalized spacial score (nSPS) is 19.7. The number of hydrogen-bond acceptors (Lipinski definition) is 6. The van der Waals surface area contributed by atoms with Gasteiger partial charge in [0.25, 0.3) is 5.91 Å². The number of carbonyl (C=O) groups is 3. The van der Waals surface area contributed by atoms with Crippen molar-refractivity contribution < 1.29 is 32.6 Å². The Morgan fingerprint density at radius 1 is 1.30 bits per heavy atom. The molecule has 0 saturated carbocycles. The number of ether oxygens (including phenoxy) is 1. The molecule has 1 rings (SSSR count). The third-order valence-corrected chi connectivity index (χ3v) is 5.29. The second kappa shape index (κ2) is 8.25. The molecule has 1 amide bonds. The number of amides is 1. The van der Waals surface area contributed by atoms with E-state index in [1.165, 1.54) is 6.92 Å². The fraction of sp³-hybridized carbons (Fsp3) is 0.769. The molecular formula is C13H22N2O7S. The van der Waals surface area contributed by atoms with Crippen molar-refractivity contribution in [2.45, 2.75) is 32.7 Å². The van der Waals surface area contributed by atoms with Crippen molar-refractivity contribution in [3.63, 3.8) is 0 Å². The number of rotatable bonds is 8. The van der Waals surface area contributed by atoms with Crippen molar-refractivity contribution in [2.24, 2.45) is 0 Å². The molecule has 23 heavy (non-hydrogen) atoms. The van der Waals surface area contributed by atoms with Gasteiger partial charge < -0.3 is 14.7 Å². The third-order valence-electron chi connectivity index (χ3n) is 3.37. The minimum atomic E-state index is -3.81. The maximum absolute atomic E-state index is 12.4. The van der Waals surface area contributed by atoms with E-state index >= 15 is 0 Å². The molecule has 1 atom stereocenters. The molecule has 0 aromatic rings. The lowest BCUT2D eigenvalue weighted by molar-refractivity contribution is -0.160. The fourth-order valence-corrected chi connectivity index (χ4v) is 4.00. The van der Waals surface area contributed by atoms with Crippen LogP contribution in [0.15, 0.2) is 0 Å². The highest BCUT2D eigenvalue weighted by Crippen LogP contribution is 2.18. The van der Waals surface area contributed by atoms with Gasteiger partial charge >= 0.3 is 11.9 Å². The van der Waals surface area contributed by atoms with Gasteiger partial charge in [0.1, 0.15) is 6.54 Å². The largest absolute Gasteiger partial charge is 0.480 e. The molecule has 0 unspecified atom stereocenters. The Morgan fingerprint density at radius 3 is 2.48 bits per heavy atom. The van der Waals surface area contributed by atoms with Gasteiger partial charge in [-0.2, -0.15) is 4.31 Å². The molecule has 9 nitrogen and oxygen atoms in total. The van der Waals surface area contributed by atoms with E-state index < -0.39 is 40.5 Å². The van der Waals surface area contributed by atoms with Crippen molar-refractivity contribution >= 4 is 27.9 Å². The van der Waals surface area contributed by atoms with Gasteiger partial charge in [-0.3, -0.25) is 9.59 Å². The molecule has 1 N–H and O–H groups in total. The number of nitrogens with zero attached hydrogens (tertiary/aromatic N) is 2.